The van der Waals surface area contributed by atoms with Crippen LogP contribution in [-0.4, -0.2) is 38.1 Å². The van der Waals surface area contributed by atoms with E-state index in [-0.39, 0.29) is 30.4 Å². The first kappa shape index (κ1) is 18.1. The van der Waals surface area contributed by atoms with Gasteiger partial charge in [0.2, 0.25) is 11.8 Å². The molecule has 0 aliphatic heterocycles. The highest BCUT2D eigenvalue weighted by Gasteiger charge is 2.24. The second-order valence-electron chi connectivity index (χ2n) is 5.48. The van der Waals surface area contributed by atoms with E-state index in [1.807, 2.05) is 44.2 Å². The van der Waals surface area contributed by atoms with Crippen LogP contribution in [0.5, 0.6) is 0 Å². The number of benzene rings is 1. The molecule has 6 nitrogen and oxygen atoms in total. The lowest BCUT2D eigenvalue weighted by atomic mass is 10.0. The van der Waals surface area contributed by atoms with Gasteiger partial charge in [0.05, 0.1) is 0 Å². The third-order valence-electron chi connectivity index (χ3n) is 3.26. The number of methoxy groups -OCH3 is 1. The Labute approximate surface area is 131 Å². The standard InChI is InChI=1S/C16H25N3O3/c1-11(2)15(19-14(20)10-22-3)16(21)18-9-13(17)12-7-5-4-6-8-12/h4-8,11,13,15H,9-10,17H2,1-3H3,(H,18,21)(H,19,20)/t13?,15-/m0/s1. The van der Waals surface area contributed by atoms with E-state index in [0.29, 0.717) is 6.54 Å². The van der Waals surface area contributed by atoms with Crippen molar-refractivity contribution in [1.82, 2.24) is 10.6 Å². The van der Waals surface area contributed by atoms with Gasteiger partial charge in [-0.05, 0) is 11.5 Å². The fourth-order valence-corrected chi connectivity index (χ4v) is 2.02. The van der Waals surface area contributed by atoms with Gasteiger partial charge in [-0.2, -0.15) is 0 Å². The minimum atomic E-state index is -0.606. The van der Waals surface area contributed by atoms with Crippen molar-refractivity contribution < 1.29 is 14.3 Å². The van der Waals surface area contributed by atoms with Gasteiger partial charge in [0.15, 0.2) is 0 Å². The van der Waals surface area contributed by atoms with Crippen LogP contribution in [0.1, 0.15) is 25.5 Å². The molecule has 122 valence electrons. The van der Waals surface area contributed by atoms with Crippen LogP contribution in [0, 0.1) is 5.92 Å². The Morgan fingerprint density at radius 3 is 2.41 bits per heavy atom. The summed E-state index contributed by atoms with van der Waals surface area (Å²) in [5.41, 5.74) is 7.00. The summed E-state index contributed by atoms with van der Waals surface area (Å²) < 4.78 is 4.76. The first-order chi connectivity index (χ1) is 10.5. The lowest BCUT2D eigenvalue weighted by Gasteiger charge is -2.22. The number of hydrogen-bond acceptors (Lipinski definition) is 4. The predicted molar refractivity (Wildman–Crippen MR) is 85.0 cm³/mol. The number of nitrogens with one attached hydrogen (secondary N) is 2. The molecule has 0 heterocycles. The first-order valence-corrected chi connectivity index (χ1v) is 7.32. The van der Waals surface area contributed by atoms with Crippen molar-refractivity contribution in [3.8, 4) is 0 Å². The molecule has 0 aliphatic carbocycles. The summed E-state index contributed by atoms with van der Waals surface area (Å²) in [5.74, 6) is -0.594. The molecule has 1 rings (SSSR count). The molecule has 0 fully saturated rings. The van der Waals surface area contributed by atoms with Crippen LogP contribution in [0.3, 0.4) is 0 Å². The van der Waals surface area contributed by atoms with Gasteiger partial charge in [-0.15, -0.1) is 0 Å². The van der Waals surface area contributed by atoms with E-state index >= 15 is 0 Å². The average Bonchev–Trinajstić information content (AvgIpc) is 2.50. The summed E-state index contributed by atoms with van der Waals surface area (Å²) in [6.07, 6.45) is 0. The number of carbonyl (C=O) groups excluding carboxylic acids is 2. The normalized spacial score (nSPS) is 13.5. The number of ether oxygens (including phenoxy) is 1. The fraction of sp³-hybridized carbons (Fsp3) is 0.500. The van der Waals surface area contributed by atoms with Gasteiger partial charge in [0.25, 0.3) is 0 Å². The zero-order valence-electron chi connectivity index (χ0n) is 13.3. The van der Waals surface area contributed by atoms with Crippen LogP contribution in [0.15, 0.2) is 30.3 Å². The molecule has 0 saturated carbocycles. The molecule has 0 aliphatic rings. The maximum Gasteiger partial charge on any atom is 0.246 e. The van der Waals surface area contributed by atoms with Crippen molar-refractivity contribution in [2.45, 2.75) is 25.9 Å². The molecule has 0 aromatic heterocycles. The van der Waals surface area contributed by atoms with Gasteiger partial charge >= 0.3 is 0 Å². The Hall–Kier alpha value is -1.92. The van der Waals surface area contributed by atoms with E-state index in [0.717, 1.165) is 5.56 Å². The molecule has 1 unspecified atom stereocenters. The van der Waals surface area contributed by atoms with Crippen molar-refractivity contribution in [2.75, 3.05) is 20.3 Å². The Morgan fingerprint density at radius 2 is 1.86 bits per heavy atom. The summed E-state index contributed by atoms with van der Waals surface area (Å²) >= 11 is 0. The van der Waals surface area contributed by atoms with Gasteiger partial charge in [0.1, 0.15) is 12.6 Å². The summed E-state index contributed by atoms with van der Waals surface area (Å²) in [6.45, 7) is 3.98. The average molecular weight is 307 g/mol. The summed E-state index contributed by atoms with van der Waals surface area (Å²) in [4.78, 5) is 23.8. The zero-order valence-corrected chi connectivity index (χ0v) is 13.3. The van der Waals surface area contributed by atoms with E-state index < -0.39 is 6.04 Å². The van der Waals surface area contributed by atoms with Gasteiger partial charge in [-0.1, -0.05) is 44.2 Å². The molecular weight excluding hydrogens is 282 g/mol. The summed E-state index contributed by atoms with van der Waals surface area (Å²) in [6, 6.07) is 8.65. The van der Waals surface area contributed by atoms with Crippen LogP contribution < -0.4 is 16.4 Å². The molecule has 2 atom stereocenters. The van der Waals surface area contributed by atoms with Gasteiger partial charge in [-0.3, -0.25) is 9.59 Å². The summed E-state index contributed by atoms with van der Waals surface area (Å²) in [5, 5.41) is 5.45. The molecule has 0 bridgehead atoms. The molecule has 0 radical (unpaired) electrons. The molecule has 4 N–H and O–H groups in total. The Bertz CT molecular complexity index is 477. The van der Waals surface area contributed by atoms with Crippen molar-refractivity contribution >= 4 is 11.8 Å². The topological polar surface area (TPSA) is 93.4 Å². The Morgan fingerprint density at radius 1 is 1.23 bits per heavy atom. The monoisotopic (exact) mass is 307 g/mol. The second-order valence-corrected chi connectivity index (χ2v) is 5.48. The smallest absolute Gasteiger partial charge is 0.246 e. The van der Waals surface area contributed by atoms with Crippen molar-refractivity contribution in [1.29, 1.82) is 0 Å². The maximum absolute atomic E-state index is 12.2. The minimum absolute atomic E-state index is 0.0336. The molecule has 2 amide bonds. The predicted octanol–water partition coefficient (Wildman–Crippen LogP) is 0.590. The Kier molecular flexibility index (Phi) is 7.56. The maximum atomic E-state index is 12.2. The largest absolute Gasteiger partial charge is 0.375 e. The third-order valence-corrected chi connectivity index (χ3v) is 3.26. The number of nitrogens with two attached hydrogens (primary N) is 1. The van der Waals surface area contributed by atoms with Crippen molar-refractivity contribution in [3.05, 3.63) is 35.9 Å². The van der Waals surface area contributed by atoms with E-state index in [1.54, 1.807) is 0 Å². The second kappa shape index (κ2) is 9.17. The highest BCUT2D eigenvalue weighted by Crippen LogP contribution is 2.08. The number of rotatable bonds is 8. The minimum Gasteiger partial charge on any atom is -0.375 e. The lowest BCUT2D eigenvalue weighted by molar-refractivity contribution is -0.132. The summed E-state index contributed by atoms with van der Waals surface area (Å²) in [7, 11) is 1.43. The van der Waals surface area contributed by atoms with Gasteiger partial charge in [0, 0.05) is 19.7 Å². The third kappa shape index (κ3) is 5.83. The molecule has 22 heavy (non-hydrogen) atoms. The number of carbonyl (C=O) groups is 2. The van der Waals surface area contributed by atoms with E-state index in [4.69, 9.17) is 10.5 Å². The van der Waals surface area contributed by atoms with Gasteiger partial charge < -0.3 is 21.1 Å². The van der Waals surface area contributed by atoms with E-state index in [2.05, 4.69) is 10.6 Å². The van der Waals surface area contributed by atoms with E-state index in [1.165, 1.54) is 7.11 Å². The molecular formula is C16H25N3O3. The first-order valence-electron chi connectivity index (χ1n) is 7.32. The molecule has 0 saturated heterocycles. The van der Waals surface area contributed by atoms with Crippen LogP contribution in [0.25, 0.3) is 0 Å². The number of hydrogen-bond donors (Lipinski definition) is 3. The van der Waals surface area contributed by atoms with Crippen molar-refractivity contribution in [3.63, 3.8) is 0 Å². The quantitative estimate of drug-likeness (QED) is 0.655. The molecule has 1 aromatic rings. The van der Waals surface area contributed by atoms with Crippen LogP contribution >= 0.6 is 0 Å². The highest BCUT2D eigenvalue weighted by atomic mass is 16.5. The van der Waals surface area contributed by atoms with Crippen molar-refractivity contribution in [2.24, 2.45) is 11.7 Å². The van der Waals surface area contributed by atoms with Crippen LogP contribution in [0.2, 0.25) is 0 Å². The van der Waals surface area contributed by atoms with Crippen LogP contribution in [-0.2, 0) is 14.3 Å². The Balaban J connectivity index is 2.55. The lowest BCUT2D eigenvalue weighted by Crippen LogP contribution is -2.51. The SMILES string of the molecule is COCC(=O)N[C@H](C(=O)NCC(N)c1ccccc1)C(C)C. The van der Waals surface area contributed by atoms with Gasteiger partial charge in [-0.25, -0.2) is 0 Å². The van der Waals surface area contributed by atoms with E-state index in [9.17, 15) is 9.59 Å². The molecule has 6 heteroatoms. The highest BCUT2D eigenvalue weighted by molar-refractivity contribution is 5.88. The zero-order chi connectivity index (χ0) is 16.5. The molecule has 1 aromatic carbocycles. The fourth-order valence-electron chi connectivity index (χ4n) is 2.02. The molecule has 0 spiro atoms. The number of amides is 2. The van der Waals surface area contributed by atoms with Crippen LogP contribution in [0.4, 0.5) is 0 Å².